The summed E-state index contributed by atoms with van der Waals surface area (Å²) in [5, 5.41) is 4.88. The van der Waals surface area contributed by atoms with Gasteiger partial charge >= 0.3 is 0 Å². The van der Waals surface area contributed by atoms with Crippen LogP contribution in [0.5, 0.6) is 0 Å². The fraction of sp³-hybridized carbons (Fsp3) is 0.590. The van der Waals surface area contributed by atoms with Crippen molar-refractivity contribution in [2.45, 2.75) is 138 Å². The highest BCUT2D eigenvalue weighted by atomic mass is 15.1. The fourth-order valence-electron chi connectivity index (χ4n) is 6.18. The molecule has 0 spiro atoms. The van der Waals surface area contributed by atoms with Crippen molar-refractivity contribution in [3.8, 4) is 0 Å². The number of imidazole rings is 1. The van der Waals surface area contributed by atoms with Crippen molar-refractivity contribution in [2.75, 3.05) is 6.54 Å². The SMILES string of the molecule is CCCCCCCCCCCCNCc1ccc(Cn2c(CCCC)nc3c(CC(C)(C)C)nc4ccccc4c32)cc1. The third-order valence-electron chi connectivity index (χ3n) is 8.59. The molecule has 0 aliphatic heterocycles. The van der Waals surface area contributed by atoms with Gasteiger partial charge in [0.1, 0.15) is 11.3 Å². The van der Waals surface area contributed by atoms with Crippen LogP contribution in [0.1, 0.15) is 134 Å². The zero-order chi connectivity index (χ0) is 30.5. The van der Waals surface area contributed by atoms with Crippen molar-refractivity contribution in [1.29, 1.82) is 0 Å². The lowest BCUT2D eigenvalue weighted by molar-refractivity contribution is 0.408. The minimum Gasteiger partial charge on any atom is -0.323 e. The maximum Gasteiger partial charge on any atom is 0.111 e. The molecule has 4 aromatic rings. The number of hydrogen-bond donors (Lipinski definition) is 1. The van der Waals surface area contributed by atoms with E-state index in [1.54, 1.807) is 0 Å². The predicted octanol–water partition coefficient (Wildman–Crippen LogP) is 10.6. The van der Waals surface area contributed by atoms with Gasteiger partial charge in [-0.3, -0.25) is 4.98 Å². The number of pyridine rings is 1. The molecule has 0 aliphatic carbocycles. The first-order valence-corrected chi connectivity index (χ1v) is 17.4. The van der Waals surface area contributed by atoms with Gasteiger partial charge < -0.3 is 9.88 Å². The molecule has 0 saturated carbocycles. The van der Waals surface area contributed by atoms with Crippen LogP contribution in [0.25, 0.3) is 21.9 Å². The van der Waals surface area contributed by atoms with E-state index in [4.69, 9.17) is 9.97 Å². The number of hydrogen-bond acceptors (Lipinski definition) is 3. The Bertz CT molecular complexity index is 1380. The molecule has 2 aromatic heterocycles. The monoisotopic (exact) mass is 582 g/mol. The van der Waals surface area contributed by atoms with Gasteiger partial charge in [0.2, 0.25) is 0 Å². The van der Waals surface area contributed by atoms with Gasteiger partial charge in [-0.2, -0.15) is 0 Å². The molecule has 0 aliphatic rings. The molecule has 4 heteroatoms. The Morgan fingerprint density at radius 1 is 0.698 bits per heavy atom. The summed E-state index contributed by atoms with van der Waals surface area (Å²) in [5.74, 6) is 1.19. The van der Waals surface area contributed by atoms with Crippen molar-refractivity contribution in [3.63, 3.8) is 0 Å². The number of aryl methyl sites for hydroxylation is 1. The third kappa shape index (κ3) is 10.2. The van der Waals surface area contributed by atoms with Gasteiger partial charge in [-0.25, -0.2) is 4.98 Å². The lowest BCUT2D eigenvalue weighted by Crippen LogP contribution is -2.14. The summed E-state index contributed by atoms with van der Waals surface area (Å²) in [7, 11) is 0. The number of nitrogens with one attached hydrogen (secondary N) is 1. The molecule has 0 bridgehead atoms. The summed E-state index contributed by atoms with van der Waals surface area (Å²) in [6.45, 7) is 14.3. The van der Waals surface area contributed by atoms with Gasteiger partial charge in [0.25, 0.3) is 0 Å². The lowest BCUT2D eigenvalue weighted by Gasteiger charge is -2.18. The Balaban J connectivity index is 1.38. The Morgan fingerprint density at radius 2 is 1.33 bits per heavy atom. The van der Waals surface area contributed by atoms with E-state index in [0.717, 1.165) is 62.0 Å². The highest BCUT2D eigenvalue weighted by molar-refractivity contribution is 6.03. The predicted molar refractivity (Wildman–Crippen MR) is 186 cm³/mol. The summed E-state index contributed by atoms with van der Waals surface area (Å²) in [5.41, 5.74) is 7.37. The number of benzene rings is 2. The standard InChI is InChI=1S/C39H58N4/c1-6-8-10-11-12-13-14-15-16-19-27-40-29-31-23-25-32(26-24-31)30-43-36(22-9-7-2)42-37-35(28-39(3,4)5)41-34-21-18-17-20-33(34)38(37)43/h17-18,20-21,23-26,40H,6-16,19,22,27-30H2,1-5H3. The Labute approximate surface area is 262 Å². The van der Waals surface area contributed by atoms with Crippen molar-refractivity contribution in [1.82, 2.24) is 19.9 Å². The molecule has 2 aromatic carbocycles. The van der Waals surface area contributed by atoms with E-state index in [2.05, 4.69) is 93.0 Å². The van der Waals surface area contributed by atoms with E-state index in [1.165, 1.54) is 92.1 Å². The summed E-state index contributed by atoms with van der Waals surface area (Å²) < 4.78 is 2.49. The van der Waals surface area contributed by atoms with Crippen LogP contribution >= 0.6 is 0 Å². The van der Waals surface area contributed by atoms with Crippen molar-refractivity contribution < 1.29 is 0 Å². The smallest absolute Gasteiger partial charge is 0.111 e. The number of nitrogens with zero attached hydrogens (tertiary/aromatic N) is 3. The summed E-state index contributed by atoms with van der Waals surface area (Å²) >= 11 is 0. The Morgan fingerprint density at radius 3 is 2.00 bits per heavy atom. The normalized spacial score (nSPS) is 12.1. The first kappa shape index (κ1) is 33.2. The van der Waals surface area contributed by atoms with Crippen LogP contribution in [0.4, 0.5) is 0 Å². The molecule has 4 nitrogen and oxygen atoms in total. The van der Waals surface area contributed by atoms with E-state index in [-0.39, 0.29) is 5.41 Å². The molecule has 4 rings (SSSR count). The second kappa shape index (κ2) is 16.9. The first-order chi connectivity index (χ1) is 20.9. The van der Waals surface area contributed by atoms with Crippen LogP contribution in [0, 0.1) is 5.41 Å². The van der Waals surface area contributed by atoms with Gasteiger partial charge in [-0.15, -0.1) is 0 Å². The second-order valence-corrected chi connectivity index (χ2v) is 13.9. The third-order valence-corrected chi connectivity index (χ3v) is 8.59. The minimum absolute atomic E-state index is 0.146. The maximum atomic E-state index is 5.28. The van der Waals surface area contributed by atoms with Crippen LogP contribution in [0.15, 0.2) is 48.5 Å². The summed E-state index contributed by atoms with van der Waals surface area (Å²) in [6, 6.07) is 17.8. The minimum atomic E-state index is 0.146. The molecular weight excluding hydrogens is 524 g/mol. The van der Waals surface area contributed by atoms with Crippen LogP contribution in [0.2, 0.25) is 0 Å². The van der Waals surface area contributed by atoms with E-state index in [0.29, 0.717) is 0 Å². The number of rotatable bonds is 19. The molecular formula is C39H58N4. The van der Waals surface area contributed by atoms with Crippen LogP contribution in [-0.4, -0.2) is 21.1 Å². The van der Waals surface area contributed by atoms with E-state index >= 15 is 0 Å². The largest absolute Gasteiger partial charge is 0.323 e. The highest BCUT2D eigenvalue weighted by Crippen LogP contribution is 2.32. The average molecular weight is 583 g/mol. The van der Waals surface area contributed by atoms with Gasteiger partial charge in [-0.1, -0.05) is 141 Å². The molecule has 0 atom stereocenters. The van der Waals surface area contributed by atoms with Crippen molar-refractivity contribution >= 4 is 21.9 Å². The van der Waals surface area contributed by atoms with Crippen molar-refractivity contribution in [2.24, 2.45) is 5.41 Å². The second-order valence-electron chi connectivity index (χ2n) is 13.9. The average Bonchev–Trinajstić information content (AvgIpc) is 3.35. The van der Waals surface area contributed by atoms with E-state index in [9.17, 15) is 0 Å². The fourth-order valence-corrected chi connectivity index (χ4v) is 6.18. The van der Waals surface area contributed by atoms with Gasteiger partial charge in [0.05, 0.1) is 16.7 Å². The lowest BCUT2D eigenvalue weighted by atomic mass is 9.89. The van der Waals surface area contributed by atoms with Gasteiger partial charge in [0.15, 0.2) is 0 Å². The highest BCUT2D eigenvalue weighted by Gasteiger charge is 2.22. The van der Waals surface area contributed by atoms with Crippen LogP contribution in [-0.2, 0) is 25.9 Å². The molecule has 0 amide bonds. The molecule has 1 N–H and O–H groups in total. The molecule has 0 fully saturated rings. The van der Waals surface area contributed by atoms with Gasteiger partial charge in [-0.05, 0) is 48.4 Å². The number of fused-ring (bicyclic) bond motifs is 3. The number of aromatic nitrogens is 3. The van der Waals surface area contributed by atoms with Crippen LogP contribution in [0.3, 0.4) is 0 Å². The zero-order valence-electron chi connectivity index (χ0n) is 28.0. The molecule has 2 heterocycles. The molecule has 0 saturated heterocycles. The Hall–Kier alpha value is -2.72. The first-order valence-electron chi connectivity index (χ1n) is 17.4. The Kier molecular flexibility index (Phi) is 13.1. The topological polar surface area (TPSA) is 42.7 Å². The van der Waals surface area contributed by atoms with Crippen molar-refractivity contribution in [3.05, 3.63) is 71.2 Å². The molecule has 0 unspecified atom stereocenters. The molecule has 0 radical (unpaired) electrons. The van der Waals surface area contributed by atoms with E-state index < -0.39 is 0 Å². The van der Waals surface area contributed by atoms with E-state index in [1.807, 2.05) is 0 Å². The summed E-state index contributed by atoms with van der Waals surface area (Å²) in [4.78, 5) is 10.4. The molecule has 43 heavy (non-hydrogen) atoms. The number of unbranched alkanes of at least 4 members (excludes halogenated alkanes) is 10. The summed E-state index contributed by atoms with van der Waals surface area (Å²) in [6.07, 6.45) is 18.1. The quantitative estimate of drug-likeness (QED) is 0.112. The molecule has 234 valence electrons. The van der Waals surface area contributed by atoms with Crippen LogP contribution < -0.4 is 5.32 Å². The zero-order valence-corrected chi connectivity index (χ0v) is 28.0. The van der Waals surface area contributed by atoms with Gasteiger partial charge in [0, 0.05) is 24.9 Å². The maximum absolute atomic E-state index is 5.28. The number of para-hydroxylation sites is 1.